The van der Waals surface area contributed by atoms with Gasteiger partial charge < -0.3 is 15.7 Å². The zero-order valence-corrected chi connectivity index (χ0v) is 14.6. The van der Waals surface area contributed by atoms with Crippen LogP contribution in [0.4, 0.5) is 0 Å². The molecule has 3 N–H and O–H groups in total. The molecule has 6 nitrogen and oxygen atoms in total. The predicted octanol–water partition coefficient (Wildman–Crippen LogP) is 1.44. The fraction of sp³-hybridized carbons (Fsp3) is 0.471. The smallest absolute Gasteiger partial charge is 0.326 e. The van der Waals surface area contributed by atoms with E-state index in [-0.39, 0.29) is 23.6 Å². The topological polar surface area (TPSA) is 95.5 Å². The fourth-order valence-electron chi connectivity index (χ4n) is 2.55. The van der Waals surface area contributed by atoms with Crippen LogP contribution in [0.15, 0.2) is 29.2 Å². The number of carbonyl (C=O) groups excluding carboxylic acids is 2. The molecule has 0 aliphatic carbocycles. The van der Waals surface area contributed by atoms with Crippen molar-refractivity contribution < 1.29 is 19.5 Å². The molecule has 0 saturated carbocycles. The summed E-state index contributed by atoms with van der Waals surface area (Å²) >= 11 is 1.49. The summed E-state index contributed by atoms with van der Waals surface area (Å²) in [6.45, 7) is 3.56. The largest absolute Gasteiger partial charge is 0.480 e. The molecule has 1 unspecified atom stereocenters. The molecule has 0 spiro atoms. The standard InChI is InChI=1S/C17H22N2O4S/c1-10(2)7-12(17(22)23)19-15(20)9-18-16(21)14-8-11-5-3-4-6-13(11)24-14/h3-6,10,12,14H,7-9H2,1-2H3,(H,18,21)(H,19,20)(H,22,23)/t12-,14?/m0/s1. The van der Waals surface area contributed by atoms with Gasteiger partial charge in [-0.25, -0.2) is 4.79 Å². The van der Waals surface area contributed by atoms with Gasteiger partial charge in [0.2, 0.25) is 11.8 Å². The highest BCUT2D eigenvalue weighted by Crippen LogP contribution is 2.36. The summed E-state index contributed by atoms with van der Waals surface area (Å²) in [7, 11) is 0. The van der Waals surface area contributed by atoms with Gasteiger partial charge >= 0.3 is 5.97 Å². The van der Waals surface area contributed by atoms with Gasteiger partial charge in [-0.15, -0.1) is 11.8 Å². The van der Waals surface area contributed by atoms with Crippen LogP contribution in [-0.4, -0.2) is 40.7 Å². The van der Waals surface area contributed by atoms with Gasteiger partial charge in [0.15, 0.2) is 0 Å². The van der Waals surface area contributed by atoms with E-state index in [0.717, 1.165) is 10.5 Å². The summed E-state index contributed by atoms with van der Waals surface area (Å²) in [6.07, 6.45) is 0.988. The number of nitrogens with one attached hydrogen (secondary N) is 2. The van der Waals surface area contributed by atoms with Gasteiger partial charge in [0.25, 0.3) is 0 Å². The molecule has 24 heavy (non-hydrogen) atoms. The van der Waals surface area contributed by atoms with Crippen molar-refractivity contribution in [2.24, 2.45) is 5.92 Å². The van der Waals surface area contributed by atoms with Crippen molar-refractivity contribution in [2.45, 2.75) is 42.9 Å². The van der Waals surface area contributed by atoms with E-state index < -0.39 is 17.9 Å². The van der Waals surface area contributed by atoms with Crippen molar-refractivity contribution in [2.75, 3.05) is 6.54 Å². The van der Waals surface area contributed by atoms with Gasteiger partial charge in [0, 0.05) is 4.90 Å². The average Bonchev–Trinajstić information content (AvgIpc) is 2.95. The molecule has 0 fully saturated rings. The van der Waals surface area contributed by atoms with Crippen LogP contribution in [0, 0.1) is 5.92 Å². The molecule has 1 heterocycles. The second-order valence-corrected chi connectivity index (χ2v) is 7.47. The zero-order chi connectivity index (χ0) is 17.7. The summed E-state index contributed by atoms with van der Waals surface area (Å²) in [5.41, 5.74) is 1.13. The lowest BCUT2D eigenvalue weighted by atomic mass is 10.0. The third-order valence-corrected chi connectivity index (χ3v) is 5.02. The maximum atomic E-state index is 12.2. The first-order valence-electron chi connectivity index (χ1n) is 7.91. The minimum absolute atomic E-state index is 0.148. The second kappa shape index (κ2) is 8.19. The quantitative estimate of drug-likeness (QED) is 0.691. The predicted molar refractivity (Wildman–Crippen MR) is 91.8 cm³/mol. The Kier molecular flexibility index (Phi) is 6.25. The van der Waals surface area contributed by atoms with Crippen LogP contribution in [0.2, 0.25) is 0 Å². The summed E-state index contributed by atoms with van der Waals surface area (Å²) < 4.78 is 0. The van der Waals surface area contributed by atoms with Crippen LogP contribution in [0.25, 0.3) is 0 Å². The molecule has 1 aromatic rings. The maximum Gasteiger partial charge on any atom is 0.326 e. The van der Waals surface area contributed by atoms with Crippen LogP contribution in [0.1, 0.15) is 25.8 Å². The minimum Gasteiger partial charge on any atom is -0.480 e. The van der Waals surface area contributed by atoms with Gasteiger partial charge in [-0.3, -0.25) is 9.59 Å². The molecule has 7 heteroatoms. The zero-order valence-electron chi connectivity index (χ0n) is 13.7. The Morgan fingerprint density at radius 1 is 1.29 bits per heavy atom. The van der Waals surface area contributed by atoms with E-state index in [4.69, 9.17) is 5.11 Å². The number of carbonyl (C=O) groups is 3. The van der Waals surface area contributed by atoms with E-state index in [1.165, 1.54) is 11.8 Å². The van der Waals surface area contributed by atoms with Crippen molar-refractivity contribution >= 4 is 29.5 Å². The van der Waals surface area contributed by atoms with E-state index in [1.807, 2.05) is 38.1 Å². The molecule has 0 bridgehead atoms. The molecule has 130 valence electrons. The molecule has 0 radical (unpaired) electrons. The number of benzene rings is 1. The summed E-state index contributed by atoms with van der Waals surface area (Å²) in [4.78, 5) is 36.3. The summed E-state index contributed by atoms with van der Waals surface area (Å²) in [5.74, 6) is -1.61. The number of fused-ring (bicyclic) bond motifs is 1. The molecule has 1 aliphatic heterocycles. The molecular weight excluding hydrogens is 328 g/mol. The van der Waals surface area contributed by atoms with E-state index in [1.54, 1.807) is 0 Å². The van der Waals surface area contributed by atoms with Crippen LogP contribution in [0.5, 0.6) is 0 Å². The van der Waals surface area contributed by atoms with Crippen molar-refractivity contribution in [1.82, 2.24) is 10.6 Å². The number of rotatable bonds is 7. The first kappa shape index (κ1) is 18.3. The molecule has 1 aromatic carbocycles. The van der Waals surface area contributed by atoms with Crippen LogP contribution in [-0.2, 0) is 20.8 Å². The van der Waals surface area contributed by atoms with Crippen molar-refractivity contribution in [3.05, 3.63) is 29.8 Å². The first-order chi connectivity index (χ1) is 11.4. The van der Waals surface area contributed by atoms with Crippen LogP contribution >= 0.6 is 11.8 Å². The number of hydrogen-bond acceptors (Lipinski definition) is 4. The molecule has 2 atom stereocenters. The average molecular weight is 350 g/mol. The van der Waals surface area contributed by atoms with Gasteiger partial charge in [-0.05, 0) is 30.4 Å². The van der Waals surface area contributed by atoms with Crippen LogP contribution < -0.4 is 10.6 Å². The Morgan fingerprint density at radius 2 is 2.00 bits per heavy atom. The van der Waals surface area contributed by atoms with E-state index in [2.05, 4.69) is 10.6 Å². The molecule has 1 aliphatic rings. The first-order valence-corrected chi connectivity index (χ1v) is 8.79. The van der Waals surface area contributed by atoms with Gasteiger partial charge in [0.1, 0.15) is 6.04 Å². The summed E-state index contributed by atoms with van der Waals surface area (Å²) in [6, 6.07) is 6.91. The SMILES string of the molecule is CC(C)C[C@H](NC(=O)CNC(=O)C1Cc2ccccc2S1)C(=O)O. The van der Waals surface area contributed by atoms with Crippen LogP contribution in [0.3, 0.4) is 0 Å². The lowest BCUT2D eigenvalue weighted by Crippen LogP contribution is -2.47. The van der Waals surface area contributed by atoms with Gasteiger partial charge in [0.05, 0.1) is 11.8 Å². The van der Waals surface area contributed by atoms with Gasteiger partial charge in [-0.1, -0.05) is 32.0 Å². The highest BCUT2D eigenvalue weighted by atomic mass is 32.2. The number of carboxylic acids is 1. The summed E-state index contributed by atoms with van der Waals surface area (Å²) in [5, 5.41) is 13.9. The van der Waals surface area contributed by atoms with E-state index >= 15 is 0 Å². The Balaban J connectivity index is 1.79. The third-order valence-electron chi connectivity index (χ3n) is 3.70. The molecule has 0 aromatic heterocycles. The maximum absolute atomic E-state index is 12.2. The van der Waals surface area contributed by atoms with Gasteiger partial charge in [-0.2, -0.15) is 0 Å². The number of amides is 2. The molecule has 0 saturated heterocycles. The van der Waals surface area contributed by atoms with Crippen molar-refractivity contribution in [1.29, 1.82) is 0 Å². The Labute approximate surface area is 145 Å². The number of aliphatic carboxylic acids is 1. The monoisotopic (exact) mass is 350 g/mol. The third kappa shape index (κ3) is 4.99. The number of hydrogen-bond donors (Lipinski definition) is 3. The minimum atomic E-state index is -1.06. The van der Waals surface area contributed by atoms with E-state index in [0.29, 0.717) is 12.8 Å². The molecular formula is C17H22N2O4S. The molecule has 2 amide bonds. The van der Waals surface area contributed by atoms with Crippen molar-refractivity contribution in [3.63, 3.8) is 0 Å². The number of thioether (sulfide) groups is 1. The fourth-order valence-corrected chi connectivity index (χ4v) is 3.77. The highest BCUT2D eigenvalue weighted by Gasteiger charge is 2.28. The molecule has 2 rings (SSSR count). The highest BCUT2D eigenvalue weighted by molar-refractivity contribution is 8.01. The van der Waals surface area contributed by atoms with Crippen molar-refractivity contribution in [3.8, 4) is 0 Å². The Morgan fingerprint density at radius 3 is 2.62 bits per heavy atom. The Hall–Kier alpha value is -2.02. The normalized spacial score (nSPS) is 17.2. The Bertz CT molecular complexity index is 608. The second-order valence-electron chi connectivity index (χ2n) is 6.22. The van der Waals surface area contributed by atoms with E-state index in [9.17, 15) is 14.4 Å². The number of carboxylic acid groups (broad SMARTS) is 1. The lowest BCUT2D eigenvalue weighted by Gasteiger charge is -2.17. The lowest BCUT2D eigenvalue weighted by molar-refractivity contribution is -0.142.